The fourth-order valence-corrected chi connectivity index (χ4v) is 1.51. The van der Waals surface area contributed by atoms with Gasteiger partial charge in [0, 0.05) is 12.8 Å². The molecule has 1 aromatic rings. The predicted octanol–water partition coefficient (Wildman–Crippen LogP) is 1.79. The zero-order valence-electron chi connectivity index (χ0n) is 10.2. The van der Waals surface area contributed by atoms with Gasteiger partial charge in [-0.3, -0.25) is 0 Å². The molecular weight excluding hydrogens is 236 g/mol. The smallest absolute Gasteiger partial charge is 0.154 e. The Balaban J connectivity index is 2.86. The Morgan fingerprint density at radius 2 is 1.94 bits per heavy atom. The van der Waals surface area contributed by atoms with E-state index in [4.69, 9.17) is 5.26 Å². The number of nitrogens with one attached hydrogen (secondary N) is 1. The SMILES string of the molecule is CC(C)(CNc1ccccc1C#N)S(C)(=O)=O. The minimum atomic E-state index is -3.14. The summed E-state index contributed by atoms with van der Waals surface area (Å²) in [6.45, 7) is 3.58. The maximum Gasteiger partial charge on any atom is 0.154 e. The van der Waals surface area contributed by atoms with E-state index in [1.165, 1.54) is 6.26 Å². The summed E-state index contributed by atoms with van der Waals surface area (Å²) < 4.78 is 22.2. The third kappa shape index (κ3) is 3.21. The molecule has 0 atom stereocenters. The van der Waals surface area contributed by atoms with E-state index in [0.29, 0.717) is 11.3 Å². The van der Waals surface area contributed by atoms with Crippen LogP contribution in [0.1, 0.15) is 19.4 Å². The molecule has 0 spiro atoms. The first-order chi connectivity index (χ1) is 7.78. The maximum absolute atomic E-state index is 11.5. The van der Waals surface area contributed by atoms with E-state index in [2.05, 4.69) is 11.4 Å². The molecule has 0 saturated heterocycles. The zero-order chi connectivity index (χ0) is 13.1. The number of rotatable bonds is 4. The Labute approximate surface area is 102 Å². The monoisotopic (exact) mass is 252 g/mol. The molecule has 0 aromatic heterocycles. The molecule has 1 rings (SSSR count). The van der Waals surface area contributed by atoms with Crippen molar-refractivity contribution in [1.29, 1.82) is 5.26 Å². The van der Waals surface area contributed by atoms with Crippen LogP contribution in [0, 0.1) is 11.3 Å². The average Bonchev–Trinajstić information content (AvgIpc) is 2.25. The molecule has 0 amide bonds. The molecule has 0 aliphatic heterocycles. The van der Waals surface area contributed by atoms with Crippen LogP contribution in [-0.2, 0) is 9.84 Å². The minimum absolute atomic E-state index is 0.268. The lowest BCUT2D eigenvalue weighted by molar-refractivity contribution is 0.560. The Hall–Kier alpha value is -1.54. The van der Waals surface area contributed by atoms with Gasteiger partial charge in [0.1, 0.15) is 6.07 Å². The van der Waals surface area contributed by atoms with Gasteiger partial charge in [-0.05, 0) is 26.0 Å². The average molecular weight is 252 g/mol. The third-order valence-electron chi connectivity index (χ3n) is 2.76. The van der Waals surface area contributed by atoms with Crippen molar-refractivity contribution in [2.24, 2.45) is 0 Å². The van der Waals surface area contributed by atoms with Gasteiger partial charge < -0.3 is 5.32 Å². The minimum Gasteiger partial charge on any atom is -0.382 e. The number of para-hydroxylation sites is 1. The van der Waals surface area contributed by atoms with Crippen LogP contribution in [0.2, 0.25) is 0 Å². The van der Waals surface area contributed by atoms with Crippen LogP contribution in [0.15, 0.2) is 24.3 Å². The number of nitrogens with zero attached hydrogens (tertiary/aromatic N) is 1. The normalized spacial score (nSPS) is 11.9. The summed E-state index contributed by atoms with van der Waals surface area (Å²) in [5, 5.41) is 11.9. The molecule has 0 saturated carbocycles. The fourth-order valence-electron chi connectivity index (χ4n) is 1.17. The van der Waals surface area contributed by atoms with Crippen LogP contribution >= 0.6 is 0 Å². The Bertz CT molecular complexity index is 542. The van der Waals surface area contributed by atoms with Crippen molar-refractivity contribution in [3.63, 3.8) is 0 Å². The lowest BCUT2D eigenvalue weighted by Gasteiger charge is -2.23. The quantitative estimate of drug-likeness (QED) is 0.887. The van der Waals surface area contributed by atoms with Crippen LogP contribution in [-0.4, -0.2) is 26.0 Å². The largest absolute Gasteiger partial charge is 0.382 e. The van der Waals surface area contributed by atoms with Crippen LogP contribution in [0.3, 0.4) is 0 Å². The lowest BCUT2D eigenvalue weighted by atomic mass is 10.1. The van der Waals surface area contributed by atoms with E-state index in [-0.39, 0.29) is 6.54 Å². The van der Waals surface area contributed by atoms with Crippen molar-refractivity contribution < 1.29 is 8.42 Å². The second-order valence-electron chi connectivity index (χ2n) is 4.54. The standard InChI is InChI=1S/C12H16N2O2S/c1-12(2,17(3,15)16)9-14-11-7-5-4-6-10(11)8-13/h4-7,14H,9H2,1-3H3. The topological polar surface area (TPSA) is 70.0 Å². The van der Waals surface area contributed by atoms with E-state index in [1.807, 2.05) is 0 Å². The van der Waals surface area contributed by atoms with E-state index in [0.717, 1.165) is 0 Å². The van der Waals surface area contributed by atoms with Crippen molar-refractivity contribution in [3.8, 4) is 6.07 Å². The van der Waals surface area contributed by atoms with Gasteiger partial charge in [-0.25, -0.2) is 8.42 Å². The Morgan fingerprint density at radius 1 is 1.35 bits per heavy atom. The van der Waals surface area contributed by atoms with Crippen molar-refractivity contribution in [2.75, 3.05) is 18.1 Å². The van der Waals surface area contributed by atoms with Crippen molar-refractivity contribution >= 4 is 15.5 Å². The molecular formula is C12H16N2O2S. The van der Waals surface area contributed by atoms with Crippen LogP contribution in [0.25, 0.3) is 0 Å². The molecule has 0 bridgehead atoms. The third-order valence-corrected chi connectivity index (χ3v) is 4.91. The molecule has 1 N–H and O–H groups in total. The summed E-state index contributed by atoms with van der Waals surface area (Å²) in [5.74, 6) is 0. The predicted molar refractivity (Wildman–Crippen MR) is 68.6 cm³/mol. The van der Waals surface area contributed by atoms with Gasteiger partial charge in [-0.15, -0.1) is 0 Å². The van der Waals surface area contributed by atoms with E-state index in [1.54, 1.807) is 38.1 Å². The molecule has 17 heavy (non-hydrogen) atoms. The first-order valence-corrected chi connectivity index (χ1v) is 7.10. The fraction of sp³-hybridized carbons (Fsp3) is 0.417. The van der Waals surface area contributed by atoms with Gasteiger partial charge in [0.25, 0.3) is 0 Å². The van der Waals surface area contributed by atoms with Crippen molar-refractivity contribution in [3.05, 3.63) is 29.8 Å². The maximum atomic E-state index is 11.5. The number of anilines is 1. The van der Waals surface area contributed by atoms with Gasteiger partial charge in [0.05, 0.1) is 16.0 Å². The summed E-state index contributed by atoms with van der Waals surface area (Å²) in [5.41, 5.74) is 1.17. The number of sulfone groups is 1. The zero-order valence-corrected chi connectivity index (χ0v) is 11.0. The molecule has 0 heterocycles. The summed E-state index contributed by atoms with van der Waals surface area (Å²) in [4.78, 5) is 0. The van der Waals surface area contributed by atoms with Crippen LogP contribution < -0.4 is 5.32 Å². The second-order valence-corrected chi connectivity index (χ2v) is 7.19. The molecule has 0 aliphatic carbocycles. The lowest BCUT2D eigenvalue weighted by Crippen LogP contribution is -2.38. The molecule has 0 aliphatic rings. The number of hydrogen-bond donors (Lipinski definition) is 1. The second kappa shape index (κ2) is 4.76. The summed E-state index contributed by atoms with van der Waals surface area (Å²) >= 11 is 0. The van der Waals surface area contributed by atoms with Gasteiger partial charge in [0.15, 0.2) is 9.84 Å². The molecule has 92 valence electrons. The van der Waals surface area contributed by atoms with Gasteiger partial charge >= 0.3 is 0 Å². The van der Waals surface area contributed by atoms with Gasteiger partial charge in [-0.2, -0.15) is 5.26 Å². The highest BCUT2D eigenvalue weighted by molar-refractivity contribution is 7.92. The number of nitriles is 1. The van der Waals surface area contributed by atoms with Crippen LogP contribution in [0.5, 0.6) is 0 Å². The molecule has 5 heteroatoms. The van der Waals surface area contributed by atoms with E-state index < -0.39 is 14.6 Å². The first-order valence-electron chi connectivity index (χ1n) is 5.20. The van der Waals surface area contributed by atoms with E-state index >= 15 is 0 Å². The van der Waals surface area contributed by atoms with Crippen molar-refractivity contribution in [1.82, 2.24) is 0 Å². The molecule has 1 aromatic carbocycles. The highest BCUT2D eigenvalue weighted by Crippen LogP contribution is 2.19. The van der Waals surface area contributed by atoms with E-state index in [9.17, 15) is 8.42 Å². The van der Waals surface area contributed by atoms with Gasteiger partial charge in [-0.1, -0.05) is 12.1 Å². The highest BCUT2D eigenvalue weighted by atomic mass is 32.2. The van der Waals surface area contributed by atoms with Gasteiger partial charge in [0.2, 0.25) is 0 Å². The summed E-state index contributed by atoms with van der Waals surface area (Å²) in [6, 6.07) is 9.08. The summed E-state index contributed by atoms with van der Waals surface area (Å²) in [6.07, 6.45) is 1.21. The molecule has 0 unspecified atom stereocenters. The summed E-state index contributed by atoms with van der Waals surface area (Å²) in [7, 11) is -3.14. The molecule has 0 fully saturated rings. The Kier molecular flexibility index (Phi) is 3.79. The number of benzene rings is 1. The number of hydrogen-bond acceptors (Lipinski definition) is 4. The highest BCUT2D eigenvalue weighted by Gasteiger charge is 2.29. The molecule has 0 radical (unpaired) electrons. The molecule has 4 nitrogen and oxygen atoms in total. The van der Waals surface area contributed by atoms with Crippen molar-refractivity contribution in [2.45, 2.75) is 18.6 Å². The Morgan fingerprint density at radius 3 is 2.47 bits per heavy atom. The first kappa shape index (κ1) is 13.5. The van der Waals surface area contributed by atoms with Crippen LogP contribution in [0.4, 0.5) is 5.69 Å².